The van der Waals surface area contributed by atoms with Crippen LogP contribution in [0.5, 0.6) is 11.5 Å². The SMILES string of the molecule is CCc1c2c(nc3ccc(OCN(CCS(C)(=O)=O)C(=O)OCc4ccc(O[C]5O[C@H](C(=O)O)[C@@H](O)[C](O)[C@H]5O)c(NC(=O)CN(C)C(=O)CCN5C(=O)C=CC5=O)c4)cc13)-c1cc3c(c(=O)n1C2)COC(=O)[C@]3(O)CC. The fourth-order valence-electron chi connectivity index (χ4n) is 8.97. The number of fused-ring (bicyclic) bond motifs is 5. The van der Waals surface area contributed by atoms with Crippen LogP contribution in [-0.4, -0.2) is 164 Å². The molecule has 408 valence electrons. The summed E-state index contributed by atoms with van der Waals surface area (Å²) in [5.74, 6) is -5.88. The summed E-state index contributed by atoms with van der Waals surface area (Å²) in [4.78, 5) is 110. The van der Waals surface area contributed by atoms with Crippen molar-refractivity contribution < 1.29 is 91.2 Å². The van der Waals surface area contributed by atoms with Crippen molar-refractivity contribution in [1.29, 1.82) is 0 Å². The lowest BCUT2D eigenvalue weighted by atomic mass is 9.86. The first kappa shape index (κ1) is 55.4. The van der Waals surface area contributed by atoms with Gasteiger partial charge >= 0.3 is 24.3 Å². The van der Waals surface area contributed by atoms with Crippen LogP contribution in [0.4, 0.5) is 10.5 Å². The van der Waals surface area contributed by atoms with Gasteiger partial charge in [0.05, 0.1) is 47.0 Å². The van der Waals surface area contributed by atoms with Crippen molar-refractivity contribution in [2.24, 2.45) is 0 Å². The first-order chi connectivity index (χ1) is 36.4. The predicted molar refractivity (Wildman–Crippen MR) is 263 cm³/mol. The minimum absolute atomic E-state index is 0.0225. The summed E-state index contributed by atoms with van der Waals surface area (Å²) >= 11 is 0. The van der Waals surface area contributed by atoms with Crippen LogP contribution in [0.3, 0.4) is 0 Å². The van der Waals surface area contributed by atoms with Crippen molar-refractivity contribution in [2.45, 2.75) is 76.8 Å². The Labute approximate surface area is 437 Å². The Morgan fingerprint density at radius 3 is 2.40 bits per heavy atom. The van der Waals surface area contributed by atoms with Crippen molar-refractivity contribution in [2.75, 3.05) is 50.7 Å². The number of sulfone groups is 1. The predicted octanol–water partition coefficient (Wildman–Crippen LogP) is 0.352. The number of nitrogens with one attached hydrogen (secondary N) is 1. The number of aromatic nitrogens is 2. The van der Waals surface area contributed by atoms with E-state index < -0.39 is 119 Å². The van der Waals surface area contributed by atoms with Crippen LogP contribution in [-0.2, 0) is 84.6 Å². The van der Waals surface area contributed by atoms with Gasteiger partial charge in [-0.2, -0.15) is 0 Å². The van der Waals surface area contributed by atoms with Crippen molar-refractivity contribution in [3.05, 3.63) is 105 Å². The molecule has 0 aliphatic carbocycles. The number of pyridine rings is 2. The second-order valence-electron chi connectivity index (χ2n) is 18.4. The van der Waals surface area contributed by atoms with E-state index in [1.54, 1.807) is 31.2 Å². The van der Waals surface area contributed by atoms with Gasteiger partial charge in [0.25, 0.3) is 17.4 Å². The number of imide groups is 1. The molecule has 2 aromatic carbocycles. The molecule has 4 aromatic rings. The second kappa shape index (κ2) is 22.0. The molecule has 4 atom stereocenters. The lowest BCUT2D eigenvalue weighted by Gasteiger charge is -2.36. The maximum Gasteiger partial charge on any atom is 0.412 e. The van der Waals surface area contributed by atoms with Gasteiger partial charge in [0.2, 0.25) is 11.8 Å². The number of aryl methyl sites for hydroxylation is 1. The fraction of sp³-hybridized carbons (Fsp3) is 0.380. The molecule has 4 aliphatic heterocycles. The minimum atomic E-state index is -3.65. The summed E-state index contributed by atoms with van der Waals surface area (Å²) in [5, 5.41) is 55.0. The zero-order valence-electron chi connectivity index (χ0n) is 41.7. The molecule has 2 radical (unpaired) electrons. The number of anilines is 1. The third-order valence-corrected chi connectivity index (χ3v) is 14.2. The molecule has 1 saturated heterocycles. The number of hydrogen-bond donors (Lipinski definition) is 6. The van der Waals surface area contributed by atoms with Gasteiger partial charge in [0.15, 0.2) is 30.6 Å². The maximum absolute atomic E-state index is 13.8. The Balaban J connectivity index is 0.994. The smallest absolute Gasteiger partial charge is 0.412 e. The number of carboxylic acids is 1. The number of benzene rings is 2. The van der Waals surface area contributed by atoms with Crippen molar-refractivity contribution in [3.63, 3.8) is 0 Å². The molecular formula is C50H52N6O20S. The van der Waals surface area contributed by atoms with Crippen molar-refractivity contribution >= 4 is 68.1 Å². The van der Waals surface area contributed by atoms with Crippen LogP contribution >= 0.6 is 0 Å². The third kappa shape index (κ3) is 11.4. The molecule has 6 heterocycles. The van der Waals surface area contributed by atoms with E-state index in [2.05, 4.69) is 5.32 Å². The largest absolute Gasteiger partial charge is 0.479 e. The monoisotopic (exact) mass is 1090 g/mol. The summed E-state index contributed by atoms with van der Waals surface area (Å²) in [6.07, 6.45) is -6.32. The van der Waals surface area contributed by atoms with Gasteiger partial charge in [-0.1, -0.05) is 19.9 Å². The van der Waals surface area contributed by atoms with E-state index >= 15 is 0 Å². The zero-order chi connectivity index (χ0) is 55.8. The third-order valence-electron chi connectivity index (χ3n) is 13.2. The van der Waals surface area contributed by atoms with Crippen LogP contribution in [0, 0.1) is 12.4 Å². The van der Waals surface area contributed by atoms with Crippen LogP contribution in [0.2, 0.25) is 0 Å². The highest BCUT2D eigenvalue weighted by Crippen LogP contribution is 2.41. The fourth-order valence-corrected chi connectivity index (χ4v) is 9.52. The summed E-state index contributed by atoms with van der Waals surface area (Å²) in [6.45, 7) is 1.06. The Morgan fingerprint density at radius 1 is 1.00 bits per heavy atom. The number of aliphatic hydroxyl groups is 4. The lowest BCUT2D eigenvalue weighted by molar-refractivity contribution is -0.198. The normalized spacial score (nSPS) is 20.1. The first-order valence-electron chi connectivity index (χ1n) is 23.8. The topological polar surface area (TPSA) is 358 Å². The van der Waals surface area contributed by atoms with Gasteiger partial charge in [-0.05, 0) is 60.4 Å². The Hall–Kier alpha value is -7.82. The molecular weight excluding hydrogens is 1040 g/mol. The molecule has 8 rings (SSSR count). The Kier molecular flexibility index (Phi) is 15.9. The van der Waals surface area contributed by atoms with Crippen LogP contribution in [0.25, 0.3) is 22.3 Å². The molecule has 26 nitrogen and oxygen atoms in total. The molecule has 1 fully saturated rings. The number of aliphatic carboxylic acids is 1. The molecule has 0 saturated carbocycles. The number of carbonyl (C=O) groups excluding carboxylic acids is 6. The Bertz CT molecular complexity index is 3290. The summed E-state index contributed by atoms with van der Waals surface area (Å²) in [5.41, 5.74) is 0.823. The molecule has 0 bridgehead atoms. The maximum atomic E-state index is 13.8. The van der Waals surface area contributed by atoms with Crippen LogP contribution in [0.1, 0.15) is 54.5 Å². The number of rotatable bonds is 19. The number of likely N-dealkylation sites (N-methyl/N-ethyl adjacent to an activating group) is 1. The molecule has 2 aromatic heterocycles. The molecule has 4 aliphatic rings. The Morgan fingerprint density at radius 2 is 1.73 bits per heavy atom. The number of amides is 5. The zero-order valence-corrected chi connectivity index (χ0v) is 42.5. The number of aliphatic hydroxyl groups excluding tert-OH is 3. The second-order valence-corrected chi connectivity index (χ2v) is 20.6. The van der Waals surface area contributed by atoms with E-state index in [-0.39, 0.29) is 73.0 Å². The molecule has 27 heteroatoms. The van der Waals surface area contributed by atoms with E-state index in [0.717, 1.165) is 44.2 Å². The van der Waals surface area contributed by atoms with E-state index in [0.29, 0.717) is 28.7 Å². The molecule has 6 N–H and O–H groups in total. The summed E-state index contributed by atoms with van der Waals surface area (Å²) in [7, 11) is -2.37. The highest BCUT2D eigenvalue weighted by molar-refractivity contribution is 7.90. The molecule has 0 unspecified atom stereocenters. The number of carboxylic acid groups (broad SMARTS) is 1. The summed E-state index contributed by atoms with van der Waals surface area (Å²) < 4.78 is 53.8. The van der Waals surface area contributed by atoms with Gasteiger partial charge in [-0.3, -0.25) is 33.8 Å². The highest BCUT2D eigenvalue weighted by Gasteiger charge is 2.51. The summed E-state index contributed by atoms with van der Waals surface area (Å²) in [6, 6.07) is 10.3. The minimum Gasteiger partial charge on any atom is -0.479 e. The van der Waals surface area contributed by atoms with Crippen molar-refractivity contribution in [3.8, 4) is 22.9 Å². The number of hydrogen-bond acceptors (Lipinski definition) is 20. The molecule has 5 amide bonds. The van der Waals surface area contributed by atoms with E-state index in [1.807, 2.05) is 6.92 Å². The quantitative estimate of drug-likeness (QED) is 0.0369. The molecule has 77 heavy (non-hydrogen) atoms. The highest BCUT2D eigenvalue weighted by atomic mass is 32.2. The van der Waals surface area contributed by atoms with Gasteiger partial charge in [-0.25, -0.2) is 27.8 Å². The number of carbonyl (C=O) groups is 7. The number of ether oxygens (including phenoxy) is 5. The van der Waals surface area contributed by atoms with Gasteiger partial charge in [0, 0.05) is 61.5 Å². The van der Waals surface area contributed by atoms with Crippen molar-refractivity contribution in [1.82, 2.24) is 24.3 Å². The van der Waals surface area contributed by atoms with Gasteiger partial charge in [-0.15, -0.1) is 0 Å². The average molecular weight is 1090 g/mol. The number of cyclic esters (lactones) is 1. The molecule has 0 spiro atoms. The first-order valence-corrected chi connectivity index (χ1v) is 25.9. The van der Waals surface area contributed by atoms with E-state index in [4.69, 9.17) is 28.7 Å². The van der Waals surface area contributed by atoms with Gasteiger partial charge < -0.3 is 64.0 Å². The number of nitrogens with zero attached hydrogens (tertiary/aromatic N) is 5. The van der Waals surface area contributed by atoms with Crippen LogP contribution in [0.15, 0.2) is 59.4 Å². The lowest BCUT2D eigenvalue weighted by Crippen LogP contribution is -2.53. The van der Waals surface area contributed by atoms with E-state index in [9.17, 15) is 72.3 Å². The standard InChI is InChI=1S/C50H52N6O20S/c1-5-27-28-18-26(8-9-32(28)52-40-29(27)20-56-34(40)19-31-30(45(56)64)23-72-48(67)50(31,69)6-2)74-24-54(15-16-77(4,70)71)49(68)73-22-25-7-10-35(75-47-43(63)41(61)42(62)44(76-47)46(65)66)33(17-25)51-36(57)21-53(3)37(58)13-14-55-38(59)11-12-39(55)60/h7-12,17-19,42-44,61-63,69H,5-6,13-16,20-24H2,1-4H3,(H,51,57)(H,65,66)/t42-,43+,44-,50-/m0/s1. The van der Waals surface area contributed by atoms with E-state index in [1.165, 1.54) is 29.8 Å². The van der Waals surface area contributed by atoms with Crippen LogP contribution < -0.4 is 20.3 Å². The van der Waals surface area contributed by atoms with Gasteiger partial charge in [0.1, 0.15) is 40.7 Å². The average Bonchev–Trinajstić information content (AvgIpc) is 4.11. The number of esters is 1.